The van der Waals surface area contributed by atoms with Gasteiger partial charge in [0.1, 0.15) is 5.56 Å². The molecule has 5 rings (SSSR count). The van der Waals surface area contributed by atoms with Crippen molar-refractivity contribution in [3.8, 4) is 11.6 Å². The largest absolute Gasteiger partial charge is 0.493 e. The van der Waals surface area contributed by atoms with Crippen molar-refractivity contribution >= 4 is 32.5 Å². The van der Waals surface area contributed by atoms with Crippen LogP contribution in [-0.4, -0.2) is 31.9 Å². The number of aromatic amines is 2. The van der Waals surface area contributed by atoms with Gasteiger partial charge in [0, 0.05) is 33.7 Å². The van der Waals surface area contributed by atoms with E-state index in [0.29, 0.717) is 29.9 Å². The fraction of sp³-hybridized carbons (Fsp3) is 0.219. The molecule has 40 heavy (non-hydrogen) atoms. The summed E-state index contributed by atoms with van der Waals surface area (Å²) in [6.45, 7) is 4.55. The molecule has 7 nitrogen and oxygen atoms in total. The quantitative estimate of drug-likeness (QED) is 0.176. The van der Waals surface area contributed by atoms with Gasteiger partial charge in [-0.2, -0.15) is 0 Å². The Morgan fingerprint density at radius 1 is 1.00 bits per heavy atom. The van der Waals surface area contributed by atoms with E-state index in [2.05, 4.69) is 51.0 Å². The molecule has 2 heterocycles. The van der Waals surface area contributed by atoms with Crippen molar-refractivity contribution in [2.45, 2.75) is 39.5 Å². The van der Waals surface area contributed by atoms with Crippen LogP contribution in [0.25, 0.3) is 16.6 Å². The summed E-state index contributed by atoms with van der Waals surface area (Å²) >= 11 is 3.39. The molecule has 3 aromatic carbocycles. The van der Waals surface area contributed by atoms with Crippen molar-refractivity contribution in [2.75, 3.05) is 6.54 Å². The Morgan fingerprint density at radius 3 is 2.48 bits per heavy atom. The van der Waals surface area contributed by atoms with E-state index in [1.807, 2.05) is 37.4 Å². The first-order chi connectivity index (χ1) is 19.4. The molecule has 0 saturated carbocycles. The second-order valence-electron chi connectivity index (χ2n) is 9.91. The van der Waals surface area contributed by atoms with Crippen molar-refractivity contribution in [2.24, 2.45) is 4.99 Å². The highest BCUT2D eigenvalue weighted by atomic mass is 79.9. The van der Waals surface area contributed by atoms with Gasteiger partial charge in [-0.1, -0.05) is 65.2 Å². The van der Waals surface area contributed by atoms with Gasteiger partial charge >= 0.3 is 5.69 Å². The summed E-state index contributed by atoms with van der Waals surface area (Å²) in [5, 5.41) is 12.5. The molecular weight excluding hydrogens is 568 g/mol. The van der Waals surface area contributed by atoms with Gasteiger partial charge in [-0.15, -0.1) is 0 Å². The number of benzene rings is 3. The summed E-state index contributed by atoms with van der Waals surface area (Å²) < 4.78 is 1.91. The summed E-state index contributed by atoms with van der Waals surface area (Å²) in [5.74, 6) is -0.456. The van der Waals surface area contributed by atoms with Crippen LogP contribution in [0.3, 0.4) is 0 Å². The zero-order valence-corrected chi connectivity index (χ0v) is 24.1. The third kappa shape index (κ3) is 5.72. The topological polar surface area (TPSA) is 103 Å². The highest BCUT2D eigenvalue weighted by molar-refractivity contribution is 9.10. The molecular formula is C32H31BrN4O3. The second-order valence-corrected chi connectivity index (χ2v) is 10.8. The molecule has 3 N–H and O–H groups in total. The average molecular weight is 600 g/mol. The lowest BCUT2D eigenvalue weighted by Gasteiger charge is -2.14. The van der Waals surface area contributed by atoms with E-state index >= 15 is 0 Å². The van der Waals surface area contributed by atoms with Gasteiger partial charge < -0.3 is 10.1 Å². The minimum Gasteiger partial charge on any atom is -0.493 e. The van der Waals surface area contributed by atoms with Crippen molar-refractivity contribution in [1.82, 2.24) is 14.5 Å². The fourth-order valence-electron chi connectivity index (χ4n) is 4.85. The summed E-state index contributed by atoms with van der Waals surface area (Å²) in [7, 11) is 0. The van der Waals surface area contributed by atoms with Crippen LogP contribution in [-0.2, 0) is 12.8 Å². The standard InChI is InChI=1S/C32H31BrN4O3/c1-3-4-5-21-8-15-27-26(18-21)23(19-35-27)16-17-34-29(22-9-6-20(2)7-10-22)28-30(38)36-32(40)37(31(28)39)25-13-11-24(33)12-14-25/h6-15,18-19,35,39H,3-5,16-17H2,1-2H3,(H,36,38,40). The predicted octanol–water partition coefficient (Wildman–Crippen LogP) is 6.21. The monoisotopic (exact) mass is 598 g/mol. The molecule has 0 aliphatic rings. The van der Waals surface area contributed by atoms with Crippen LogP contribution in [0.1, 0.15) is 47.6 Å². The lowest BCUT2D eigenvalue weighted by atomic mass is 10.0. The van der Waals surface area contributed by atoms with Crippen molar-refractivity contribution in [3.63, 3.8) is 0 Å². The minimum absolute atomic E-state index is 0.0489. The molecule has 0 amide bonds. The van der Waals surface area contributed by atoms with Crippen LogP contribution >= 0.6 is 15.9 Å². The summed E-state index contributed by atoms with van der Waals surface area (Å²) in [4.78, 5) is 36.5. The highest BCUT2D eigenvalue weighted by Crippen LogP contribution is 2.24. The van der Waals surface area contributed by atoms with E-state index < -0.39 is 17.1 Å². The smallest absolute Gasteiger partial charge is 0.335 e. The lowest BCUT2D eigenvalue weighted by Crippen LogP contribution is -2.33. The highest BCUT2D eigenvalue weighted by Gasteiger charge is 2.22. The van der Waals surface area contributed by atoms with Crippen LogP contribution in [0.2, 0.25) is 0 Å². The number of hydrogen-bond donors (Lipinski definition) is 3. The van der Waals surface area contributed by atoms with Gasteiger partial charge in [0.25, 0.3) is 5.56 Å². The van der Waals surface area contributed by atoms with Crippen molar-refractivity contribution in [1.29, 1.82) is 0 Å². The van der Waals surface area contributed by atoms with Crippen LogP contribution < -0.4 is 11.2 Å². The first kappa shape index (κ1) is 27.4. The van der Waals surface area contributed by atoms with Crippen molar-refractivity contribution < 1.29 is 5.11 Å². The first-order valence-corrected chi connectivity index (χ1v) is 14.2. The van der Waals surface area contributed by atoms with Gasteiger partial charge in [-0.25, -0.2) is 9.36 Å². The molecule has 0 saturated heterocycles. The number of nitrogens with zero attached hydrogens (tertiary/aromatic N) is 2. The van der Waals surface area contributed by atoms with Crippen LogP contribution in [0.5, 0.6) is 5.88 Å². The Hall–Kier alpha value is -4.17. The number of aryl methyl sites for hydroxylation is 2. The van der Waals surface area contributed by atoms with Crippen LogP contribution in [0.4, 0.5) is 0 Å². The Labute approximate surface area is 240 Å². The molecule has 204 valence electrons. The summed E-state index contributed by atoms with van der Waals surface area (Å²) in [6, 6.07) is 21.0. The van der Waals surface area contributed by atoms with Crippen molar-refractivity contribution in [3.05, 3.63) is 126 Å². The van der Waals surface area contributed by atoms with E-state index in [9.17, 15) is 14.7 Å². The zero-order chi connectivity index (χ0) is 28.2. The van der Waals surface area contributed by atoms with Gasteiger partial charge in [-0.3, -0.25) is 14.8 Å². The lowest BCUT2D eigenvalue weighted by molar-refractivity contribution is 0.430. The third-order valence-corrected chi connectivity index (χ3v) is 7.56. The molecule has 5 aromatic rings. The predicted molar refractivity (Wildman–Crippen MR) is 164 cm³/mol. The fourth-order valence-corrected chi connectivity index (χ4v) is 5.12. The zero-order valence-electron chi connectivity index (χ0n) is 22.5. The number of aliphatic imine (C=N–C) groups is 1. The molecule has 8 heteroatoms. The Bertz CT molecular complexity index is 1800. The van der Waals surface area contributed by atoms with Gasteiger partial charge in [0.05, 0.1) is 11.4 Å². The van der Waals surface area contributed by atoms with Gasteiger partial charge in [-0.05, 0) is 73.7 Å². The Morgan fingerprint density at radius 2 is 1.75 bits per heavy atom. The molecule has 0 aliphatic carbocycles. The summed E-state index contributed by atoms with van der Waals surface area (Å²) in [6.07, 6.45) is 5.99. The normalized spacial score (nSPS) is 11.8. The average Bonchev–Trinajstić information content (AvgIpc) is 3.34. The number of hydrogen-bond acceptors (Lipinski definition) is 4. The maximum atomic E-state index is 13.1. The first-order valence-electron chi connectivity index (χ1n) is 13.4. The van der Waals surface area contributed by atoms with E-state index in [1.165, 1.54) is 10.9 Å². The number of unbranched alkanes of at least 4 members (excludes halogenated alkanes) is 1. The minimum atomic E-state index is -0.727. The van der Waals surface area contributed by atoms with E-state index in [0.717, 1.165) is 44.9 Å². The number of H-pyrrole nitrogens is 2. The Balaban J connectivity index is 1.56. The second kappa shape index (κ2) is 11.9. The molecule has 0 atom stereocenters. The van der Waals surface area contributed by atoms with E-state index in [1.54, 1.807) is 24.3 Å². The SMILES string of the molecule is CCCCc1ccc2[nH]cc(CCN=C(c3ccc(C)cc3)c3c(O)n(-c4ccc(Br)cc4)c(=O)[nH]c3=O)c2c1. The van der Waals surface area contributed by atoms with Crippen LogP contribution in [0.15, 0.2) is 92.0 Å². The van der Waals surface area contributed by atoms with E-state index in [-0.39, 0.29) is 5.56 Å². The molecule has 0 aliphatic heterocycles. The maximum absolute atomic E-state index is 13.1. The molecule has 2 aromatic heterocycles. The number of halogens is 1. The Kier molecular flexibility index (Phi) is 8.16. The molecule has 0 fully saturated rings. The summed E-state index contributed by atoms with van der Waals surface area (Å²) in [5.41, 5.74) is 4.53. The van der Waals surface area contributed by atoms with Crippen LogP contribution in [0, 0.1) is 6.92 Å². The molecule has 0 unspecified atom stereocenters. The number of fused-ring (bicyclic) bond motifs is 1. The number of rotatable bonds is 9. The molecule has 0 bridgehead atoms. The third-order valence-electron chi connectivity index (χ3n) is 7.03. The molecule has 0 spiro atoms. The van der Waals surface area contributed by atoms with E-state index in [4.69, 9.17) is 4.99 Å². The number of aromatic hydroxyl groups is 1. The number of aromatic nitrogens is 3. The maximum Gasteiger partial charge on any atom is 0.335 e. The molecule has 0 radical (unpaired) electrons. The van der Waals surface area contributed by atoms with Gasteiger partial charge in [0.15, 0.2) is 0 Å². The van der Waals surface area contributed by atoms with Gasteiger partial charge in [0.2, 0.25) is 5.88 Å². The number of nitrogens with one attached hydrogen (secondary N) is 2.